The fraction of sp³-hybridized carbons (Fsp3) is 0.235. The first kappa shape index (κ1) is 19.0. The number of nitrogens with zero attached hydrogens (tertiary/aromatic N) is 1. The molecule has 1 aromatic carbocycles. The van der Waals surface area contributed by atoms with Gasteiger partial charge in [-0.25, -0.2) is 0 Å². The minimum absolute atomic E-state index is 0.144. The monoisotopic (exact) mass is 370 g/mol. The van der Waals surface area contributed by atoms with E-state index in [2.05, 4.69) is 16.6 Å². The first-order chi connectivity index (χ1) is 11.9. The summed E-state index contributed by atoms with van der Waals surface area (Å²) in [5, 5.41) is 4.62. The van der Waals surface area contributed by atoms with Crippen LogP contribution in [-0.4, -0.2) is 30.3 Å². The average Bonchev–Trinajstić information content (AvgIpc) is 3.01. The van der Waals surface area contributed by atoms with Gasteiger partial charge in [0.25, 0.3) is 0 Å². The normalized spacial score (nSPS) is 11.4. The molecule has 0 aliphatic heterocycles. The SMILES string of the molecule is C=CCN(CC(=O)Nc1ccc(OC(F)(F)F)cc1)Cc1cccs1. The lowest BCUT2D eigenvalue weighted by Gasteiger charge is -2.19. The Morgan fingerprint density at radius 1 is 1.28 bits per heavy atom. The molecular weight excluding hydrogens is 353 g/mol. The minimum Gasteiger partial charge on any atom is -0.406 e. The Hall–Kier alpha value is -2.32. The molecule has 0 unspecified atom stereocenters. The highest BCUT2D eigenvalue weighted by atomic mass is 32.1. The van der Waals surface area contributed by atoms with Crippen molar-refractivity contribution in [3.8, 4) is 5.75 Å². The lowest BCUT2D eigenvalue weighted by molar-refractivity contribution is -0.274. The third-order valence-corrected chi connectivity index (χ3v) is 3.95. The number of halogens is 3. The van der Waals surface area contributed by atoms with Crippen LogP contribution in [0.5, 0.6) is 5.75 Å². The van der Waals surface area contributed by atoms with Gasteiger partial charge in [-0.15, -0.1) is 31.1 Å². The summed E-state index contributed by atoms with van der Waals surface area (Å²) in [4.78, 5) is 15.2. The molecule has 25 heavy (non-hydrogen) atoms. The second-order valence-corrected chi connectivity index (χ2v) is 6.19. The number of ether oxygens (including phenoxy) is 1. The molecule has 8 heteroatoms. The molecule has 0 atom stereocenters. The van der Waals surface area contributed by atoms with Gasteiger partial charge in [0.05, 0.1) is 6.54 Å². The molecule has 0 saturated carbocycles. The number of benzene rings is 1. The number of anilines is 1. The fourth-order valence-electron chi connectivity index (χ4n) is 2.13. The molecule has 0 radical (unpaired) electrons. The Kier molecular flexibility index (Phi) is 6.60. The van der Waals surface area contributed by atoms with E-state index in [9.17, 15) is 18.0 Å². The van der Waals surface area contributed by atoms with E-state index in [4.69, 9.17) is 0 Å². The van der Waals surface area contributed by atoms with Crippen molar-refractivity contribution in [2.75, 3.05) is 18.4 Å². The summed E-state index contributed by atoms with van der Waals surface area (Å²) < 4.78 is 40.1. The Morgan fingerprint density at radius 2 is 2.00 bits per heavy atom. The van der Waals surface area contributed by atoms with Crippen molar-refractivity contribution in [1.82, 2.24) is 4.90 Å². The van der Waals surface area contributed by atoms with Crippen LogP contribution in [0.15, 0.2) is 54.4 Å². The number of carbonyl (C=O) groups excluding carboxylic acids is 1. The van der Waals surface area contributed by atoms with E-state index in [1.165, 1.54) is 12.1 Å². The molecule has 1 heterocycles. The van der Waals surface area contributed by atoms with Crippen LogP contribution in [0.2, 0.25) is 0 Å². The Labute approximate surface area is 147 Å². The average molecular weight is 370 g/mol. The summed E-state index contributed by atoms with van der Waals surface area (Å²) in [5.41, 5.74) is 0.397. The van der Waals surface area contributed by atoms with Crippen molar-refractivity contribution in [2.24, 2.45) is 0 Å². The number of amides is 1. The number of alkyl halides is 3. The molecule has 1 N–H and O–H groups in total. The van der Waals surface area contributed by atoms with E-state index in [0.29, 0.717) is 18.8 Å². The zero-order valence-electron chi connectivity index (χ0n) is 13.3. The van der Waals surface area contributed by atoms with E-state index in [1.807, 2.05) is 22.4 Å². The molecule has 4 nitrogen and oxygen atoms in total. The van der Waals surface area contributed by atoms with Crippen LogP contribution in [-0.2, 0) is 11.3 Å². The van der Waals surface area contributed by atoms with Gasteiger partial charge < -0.3 is 10.1 Å². The summed E-state index contributed by atoms with van der Waals surface area (Å²) in [7, 11) is 0. The maximum Gasteiger partial charge on any atom is 0.573 e. The summed E-state index contributed by atoms with van der Waals surface area (Å²) in [5.74, 6) is -0.598. The molecule has 0 fully saturated rings. The van der Waals surface area contributed by atoms with Gasteiger partial charge in [-0.05, 0) is 35.7 Å². The van der Waals surface area contributed by atoms with Gasteiger partial charge in [-0.3, -0.25) is 9.69 Å². The molecular formula is C17H17F3N2O2S. The van der Waals surface area contributed by atoms with Gasteiger partial charge in [-0.2, -0.15) is 0 Å². The first-order valence-corrected chi connectivity index (χ1v) is 8.25. The van der Waals surface area contributed by atoms with E-state index >= 15 is 0 Å². The highest BCUT2D eigenvalue weighted by molar-refractivity contribution is 7.09. The van der Waals surface area contributed by atoms with Crippen molar-refractivity contribution in [3.63, 3.8) is 0 Å². The van der Waals surface area contributed by atoms with E-state index in [0.717, 1.165) is 17.0 Å². The van der Waals surface area contributed by atoms with Crippen molar-refractivity contribution < 1.29 is 22.7 Å². The van der Waals surface area contributed by atoms with Gasteiger partial charge in [0, 0.05) is 23.7 Å². The number of hydrogen-bond acceptors (Lipinski definition) is 4. The lowest BCUT2D eigenvalue weighted by Crippen LogP contribution is -2.32. The largest absolute Gasteiger partial charge is 0.573 e. The van der Waals surface area contributed by atoms with Gasteiger partial charge in [0.15, 0.2) is 0 Å². The van der Waals surface area contributed by atoms with Crippen LogP contribution in [0.4, 0.5) is 18.9 Å². The Balaban J connectivity index is 1.90. The maximum atomic E-state index is 12.1. The third kappa shape index (κ3) is 6.98. The van der Waals surface area contributed by atoms with Crippen molar-refractivity contribution in [1.29, 1.82) is 0 Å². The van der Waals surface area contributed by atoms with E-state index in [-0.39, 0.29) is 18.2 Å². The van der Waals surface area contributed by atoms with Crippen molar-refractivity contribution in [2.45, 2.75) is 12.9 Å². The van der Waals surface area contributed by atoms with Gasteiger partial charge in [0.2, 0.25) is 5.91 Å². The summed E-state index contributed by atoms with van der Waals surface area (Å²) in [6.45, 7) is 4.99. The second-order valence-electron chi connectivity index (χ2n) is 5.16. The number of thiophene rings is 1. The highest BCUT2D eigenvalue weighted by Crippen LogP contribution is 2.24. The molecule has 2 aromatic rings. The number of nitrogens with one attached hydrogen (secondary N) is 1. The minimum atomic E-state index is -4.74. The van der Waals surface area contributed by atoms with Crippen LogP contribution in [0.1, 0.15) is 4.88 Å². The molecule has 0 aliphatic rings. The van der Waals surface area contributed by atoms with Crippen molar-refractivity contribution >= 4 is 22.9 Å². The predicted octanol–water partition coefficient (Wildman–Crippen LogP) is 4.27. The smallest absolute Gasteiger partial charge is 0.406 e. The molecule has 0 saturated heterocycles. The summed E-state index contributed by atoms with van der Waals surface area (Å²) in [6, 6.07) is 8.94. The molecule has 0 spiro atoms. The predicted molar refractivity (Wildman–Crippen MR) is 91.5 cm³/mol. The first-order valence-electron chi connectivity index (χ1n) is 7.37. The van der Waals surface area contributed by atoms with Crippen LogP contribution < -0.4 is 10.1 Å². The molecule has 0 bridgehead atoms. The maximum absolute atomic E-state index is 12.1. The quantitative estimate of drug-likeness (QED) is 0.706. The zero-order chi connectivity index (χ0) is 18.3. The Bertz CT molecular complexity index is 685. The van der Waals surface area contributed by atoms with Crippen LogP contribution in [0, 0.1) is 0 Å². The van der Waals surface area contributed by atoms with Gasteiger partial charge in [0.1, 0.15) is 5.75 Å². The molecule has 2 rings (SSSR count). The highest BCUT2D eigenvalue weighted by Gasteiger charge is 2.30. The fourth-order valence-corrected chi connectivity index (χ4v) is 2.88. The van der Waals surface area contributed by atoms with Crippen molar-refractivity contribution in [3.05, 3.63) is 59.3 Å². The lowest BCUT2D eigenvalue weighted by atomic mass is 10.3. The van der Waals surface area contributed by atoms with Crippen LogP contribution in [0.3, 0.4) is 0 Å². The van der Waals surface area contributed by atoms with Crippen LogP contribution >= 0.6 is 11.3 Å². The van der Waals surface area contributed by atoms with E-state index in [1.54, 1.807) is 17.4 Å². The van der Waals surface area contributed by atoms with Gasteiger partial charge >= 0.3 is 6.36 Å². The summed E-state index contributed by atoms with van der Waals surface area (Å²) >= 11 is 1.60. The number of carbonyl (C=O) groups is 1. The van der Waals surface area contributed by atoms with Gasteiger partial charge in [-0.1, -0.05) is 12.1 Å². The molecule has 1 aromatic heterocycles. The summed E-state index contributed by atoms with van der Waals surface area (Å²) in [6.07, 6.45) is -3.03. The molecule has 134 valence electrons. The third-order valence-electron chi connectivity index (χ3n) is 3.09. The molecule has 0 aliphatic carbocycles. The zero-order valence-corrected chi connectivity index (χ0v) is 14.1. The Morgan fingerprint density at radius 3 is 2.56 bits per heavy atom. The number of rotatable bonds is 8. The topological polar surface area (TPSA) is 41.6 Å². The molecule has 1 amide bonds. The number of hydrogen-bond donors (Lipinski definition) is 1. The van der Waals surface area contributed by atoms with Crippen LogP contribution in [0.25, 0.3) is 0 Å². The second kappa shape index (κ2) is 8.68. The standard InChI is InChI=1S/C17H17F3N2O2S/c1-2-9-22(11-15-4-3-10-25-15)12-16(23)21-13-5-7-14(8-6-13)24-17(18,19)20/h2-8,10H,1,9,11-12H2,(H,21,23). The van der Waals surface area contributed by atoms with E-state index < -0.39 is 6.36 Å².